The normalized spacial score (nSPS) is 14.7. The summed E-state index contributed by atoms with van der Waals surface area (Å²) in [5.41, 5.74) is 0. The van der Waals surface area contributed by atoms with Gasteiger partial charge in [0.15, 0.2) is 5.78 Å². The molecule has 0 aromatic rings. The molecule has 0 aromatic carbocycles. The second-order valence-electron chi connectivity index (χ2n) is 2.31. The molecule has 0 amide bonds. The van der Waals surface area contributed by atoms with E-state index in [4.69, 9.17) is 25.5 Å². The van der Waals surface area contributed by atoms with E-state index in [2.05, 4.69) is 0 Å². The van der Waals surface area contributed by atoms with E-state index in [1.165, 1.54) is 0 Å². The van der Waals surface area contributed by atoms with Gasteiger partial charge in [-0.25, -0.2) is 0 Å². The molecule has 15 heavy (non-hydrogen) atoms. The zero-order chi connectivity index (χ0) is 9.72. The molecule has 0 saturated carbocycles. The fourth-order valence-corrected chi connectivity index (χ4v) is 0.602. The van der Waals surface area contributed by atoms with Gasteiger partial charge in [0.25, 0.3) is 0 Å². The van der Waals surface area contributed by atoms with Crippen LogP contribution < -0.4 is 24.8 Å². The molecule has 0 aliphatic heterocycles. The average Bonchev–Trinajstić information content (AvgIpc) is 2.12. The van der Waals surface area contributed by atoms with Gasteiger partial charge in [0, 0.05) is 0 Å². The summed E-state index contributed by atoms with van der Waals surface area (Å²) in [6.07, 6.45) is -5.22. The molecule has 88 valence electrons. The second-order valence-corrected chi connectivity index (χ2v) is 2.31. The van der Waals surface area contributed by atoms with Crippen LogP contribution in [0, 0.1) is 0 Å². The summed E-state index contributed by atoms with van der Waals surface area (Å²) in [5.74, 6) is -1.00. The van der Waals surface area contributed by atoms with Crippen molar-refractivity contribution in [1.29, 1.82) is 0 Å². The minimum absolute atomic E-state index is 0. The number of halogens is 2. The smallest absolute Gasteiger partial charge is 1.00 e. The van der Waals surface area contributed by atoms with Gasteiger partial charge in [-0.05, 0) is 0 Å². The molecule has 9 heteroatoms. The quantitative estimate of drug-likeness (QED) is 0.321. The van der Waals surface area contributed by atoms with E-state index in [0.29, 0.717) is 0 Å². The van der Waals surface area contributed by atoms with Gasteiger partial charge in [0.05, 0.1) is 6.61 Å². The minimum Gasteiger partial charge on any atom is -1.00 e. The van der Waals surface area contributed by atoms with Crippen LogP contribution in [0.25, 0.3) is 0 Å². The zero-order valence-corrected chi connectivity index (χ0v) is 11.5. The van der Waals surface area contributed by atoms with Crippen LogP contribution in [0.3, 0.4) is 0 Å². The molecule has 0 bridgehead atoms. The van der Waals surface area contributed by atoms with Crippen LogP contribution in [0.5, 0.6) is 0 Å². The molecule has 3 atom stereocenters. The first-order chi connectivity index (χ1) is 5.54. The number of Topliss-reactive ketones (excluding diaryl/α,β-unsaturated/α-hetero) is 1. The number of hydrogen-bond acceptors (Lipinski definition) is 6. The van der Waals surface area contributed by atoms with Crippen molar-refractivity contribution < 1.29 is 55.1 Å². The van der Waals surface area contributed by atoms with E-state index in [1.807, 2.05) is 0 Å². The van der Waals surface area contributed by atoms with E-state index < -0.39 is 37.3 Å². The van der Waals surface area contributed by atoms with Gasteiger partial charge in [-0.2, -0.15) is 0 Å². The van der Waals surface area contributed by atoms with Gasteiger partial charge in [-0.15, -0.1) is 0 Å². The topological polar surface area (TPSA) is 118 Å². The van der Waals surface area contributed by atoms with Gasteiger partial charge in [-0.1, -0.05) is 0 Å². The number of rotatable bonds is 5. The Kier molecular flexibility index (Phi) is 22.5. The van der Waals surface area contributed by atoms with Gasteiger partial charge in [-0.3, -0.25) is 4.79 Å². The zero-order valence-electron chi connectivity index (χ0n) is 7.75. The summed E-state index contributed by atoms with van der Waals surface area (Å²) in [4.78, 5) is 10.5. The molecule has 0 aliphatic carbocycles. The van der Waals surface area contributed by atoms with Crippen molar-refractivity contribution in [3.8, 4) is 0 Å². The Labute approximate surface area is 129 Å². The van der Waals surface area contributed by atoms with E-state index in [-0.39, 0.29) is 62.6 Å². The Hall–Kier alpha value is 1.31. The monoisotopic (exact) mass is 290 g/mol. The van der Waals surface area contributed by atoms with Gasteiger partial charge >= 0.3 is 37.7 Å². The van der Waals surface area contributed by atoms with Gasteiger partial charge < -0.3 is 50.3 Å². The third kappa shape index (κ3) is 9.05. The van der Waals surface area contributed by atoms with Crippen molar-refractivity contribution in [1.82, 2.24) is 0 Å². The molecule has 0 heterocycles. The van der Waals surface area contributed by atoms with Crippen LogP contribution in [-0.2, 0) is 4.79 Å². The van der Waals surface area contributed by atoms with Gasteiger partial charge in [0.2, 0.25) is 0 Å². The van der Waals surface area contributed by atoms with E-state index in [1.54, 1.807) is 0 Å². The predicted octanol–water partition coefficient (Wildman–Crippen LogP) is -9.75. The number of ketones is 1. The van der Waals surface area contributed by atoms with E-state index in [9.17, 15) is 4.79 Å². The summed E-state index contributed by atoms with van der Waals surface area (Å²) in [7, 11) is 0. The van der Waals surface area contributed by atoms with Crippen LogP contribution in [0.4, 0.5) is 0 Å². The maximum atomic E-state index is 10.5. The molecule has 5 N–H and O–H groups in total. The number of carbonyl (C=O) groups excluding carboxylic acids is 1. The molecule has 0 fully saturated rings. The van der Waals surface area contributed by atoms with Crippen molar-refractivity contribution in [2.45, 2.75) is 18.3 Å². The Morgan fingerprint density at radius 3 is 1.73 bits per heavy atom. The fourth-order valence-electron chi connectivity index (χ4n) is 0.602. The third-order valence-corrected chi connectivity index (χ3v) is 1.39. The standard InChI is InChI=1S/C6H12O6.Ca.2ClH/c7-1-3(9)5(11)6(12)4(10)2-8;;;/h3,5-9,11-12H,1-2H2;;2*1H/q;+2;;/p-2/t3-,5-,6-;;;/m1.../s1. The summed E-state index contributed by atoms with van der Waals surface area (Å²) in [6, 6.07) is 0. The number of carbonyl (C=O) groups is 1. The first-order valence-electron chi connectivity index (χ1n) is 3.33. The number of aliphatic hydroxyl groups is 5. The fraction of sp³-hybridized carbons (Fsp3) is 0.833. The molecule has 0 spiro atoms. The van der Waals surface area contributed by atoms with Crippen molar-refractivity contribution >= 4 is 43.5 Å². The molecular weight excluding hydrogens is 279 g/mol. The molecule has 0 unspecified atom stereocenters. The van der Waals surface area contributed by atoms with Crippen molar-refractivity contribution in [3.05, 3.63) is 0 Å². The predicted molar refractivity (Wildman–Crippen MR) is 43.0 cm³/mol. The van der Waals surface area contributed by atoms with Gasteiger partial charge in [0.1, 0.15) is 24.9 Å². The molecular formula is C6H12CaCl2O6. The van der Waals surface area contributed by atoms with Crippen LogP contribution in [0.2, 0.25) is 0 Å². The number of aliphatic hydroxyl groups excluding tert-OH is 5. The molecule has 6 nitrogen and oxygen atoms in total. The molecule has 0 saturated heterocycles. The second kappa shape index (κ2) is 13.4. The minimum atomic E-state index is -1.86. The summed E-state index contributed by atoms with van der Waals surface area (Å²) < 4.78 is 0. The first-order valence-corrected chi connectivity index (χ1v) is 3.33. The Bertz CT molecular complexity index is 161. The summed E-state index contributed by atoms with van der Waals surface area (Å²) >= 11 is 0. The third-order valence-electron chi connectivity index (χ3n) is 1.39. The van der Waals surface area contributed by atoms with Crippen LogP contribution in [-0.4, -0.2) is 101 Å². The molecule has 0 aliphatic rings. The van der Waals surface area contributed by atoms with E-state index >= 15 is 0 Å². The Morgan fingerprint density at radius 1 is 1.07 bits per heavy atom. The van der Waals surface area contributed by atoms with Crippen LogP contribution >= 0.6 is 0 Å². The molecule has 0 radical (unpaired) electrons. The summed E-state index contributed by atoms with van der Waals surface area (Å²) in [6.45, 7) is -1.69. The molecule has 0 rings (SSSR count). The van der Waals surface area contributed by atoms with E-state index in [0.717, 1.165) is 0 Å². The average molecular weight is 291 g/mol. The maximum Gasteiger partial charge on any atom is 2.00 e. The maximum absolute atomic E-state index is 10.5. The van der Waals surface area contributed by atoms with Crippen molar-refractivity contribution in [2.75, 3.05) is 13.2 Å². The molecule has 0 aromatic heterocycles. The Balaban J connectivity index is -0.000000202. The van der Waals surface area contributed by atoms with Crippen molar-refractivity contribution in [2.24, 2.45) is 0 Å². The first kappa shape index (κ1) is 25.2. The largest absolute Gasteiger partial charge is 2.00 e. The van der Waals surface area contributed by atoms with Crippen LogP contribution in [0.1, 0.15) is 0 Å². The van der Waals surface area contributed by atoms with Crippen molar-refractivity contribution in [3.63, 3.8) is 0 Å². The van der Waals surface area contributed by atoms with Crippen LogP contribution in [0.15, 0.2) is 0 Å². The SMILES string of the molecule is O=C(CO)[C@@H](O)[C@H](O)[C@H](O)CO.[Ca+2].[Cl-].[Cl-]. The Morgan fingerprint density at radius 2 is 1.47 bits per heavy atom. The number of hydrogen-bond donors (Lipinski definition) is 5. The summed E-state index contributed by atoms with van der Waals surface area (Å²) in [5, 5.41) is 43.1.